The number of rotatable bonds is 7. The number of halogens is 1. The minimum atomic E-state index is -3.63. The van der Waals surface area contributed by atoms with Crippen molar-refractivity contribution in [1.82, 2.24) is 10.2 Å². The van der Waals surface area contributed by atoms with Gasteiger partial charge in [0.25, 0.3) is 0 Å². The minimum absolute atomic E-state index is 0.00996. The Labute approximate surface area is 141 Å². The Kier molecular flexibility index (Phi) is 6.08. The molecule has 1 aromatic heterocycles. The van der Waals surface area contributed by atoms with Gasteiger partial charge in [0.1, 0.15) is 5.82 Å². The van der Waals surface area contributed by atoms with E-state index in [0.717, 1.165) is 22.2 Å². The first kappa shape index (κ1) is 17.8. The number of nitrogens with zero attached hydrogens (tertiary/aromatic N) is 2. The molecule has 0 saturated carbocycles. The highest BCUT2D eigenvalue weighted by Crippen LogP contribution is 2.25. The van der Waals surface area contributed by atoms with Crippen LogP contribution in [0.4, 0.5) is 9.52 Å². The van der Waals surface area contributed by atoms with Gasteiger partial charge < -0.3 is 5.32 Å². The topological polar surface area (TPSA) is 89.0 Å². The van der Waals surface area contributed by atoms with Crippen LogP contribution in [0.2, 0.25) is 0 Å². The molecule has 0 aliphatic carbocycles. The van der Waals surface area contributed by atoms with Gasteiger partial charge in [-0.25, -0.2) is 12.8 Å². The summed E-state index contributed by atoms with van der Waals surface area (Å²) in [5, 5.41) is 10.6. The van der Waals surface area contributed by atoms with Crippen LogP contribution in [-0.4, -0.2) is 36.0 Å². The zero-order valence-corrected chi connectivity index (χ0v) is 14.6. The second-order valence-electron chi connectivity index (χ2n) is 4.38. The first-order chi connectivity index (χ1) is 10.9. The molecule has 124 valence electrons. The molecule has 1 heterocycles. The molecule has 0 radical (unpaired) electrons. The number of anilines is 1. The van der Waals surface area contributed by atoms with Crippen molar-refractivity contribution >= 4 is 44.0 Å². The monoisotopic (exact) mass is 375 g/mol. The Morgan fingerprint density at radius 3 is 2.65 bits per heavy atom. The first-order valence-corrected chi connectivity index (χ1v) is 10.1. The van der Waals surface area contributed by atoms with E-state index in [4.69, 9.17) is 0 Å². The number of amides is 1. The molecule has 0 atom stereocenters. The maximum absolute atomic E-state index is 12.8. The van der Waals surface area contributed by atoms with Crippen LogP contribution in [-0.2, 0) is 14.6 Å². The predicted molar refractivity (Wildman–Crippen MR) is 88.0 cm³/mol. The van der Waals surface area contributed by atoms with E-state index in [1.807, 2.05) is 6.92 Å². The van der Waals surface area contributed by atoms with Gasteiger partial charge in [0.05, 0.1) is 10.6 Å². The van der Waals surface area contributed by atoms with E-state index in [2.05, 4.69) is 15.5 Å². The third-order valence-corrected chi connectivity index (χ3v) is 6.28. The fourth-order valence-electron chi connectivity index (χ4n) is 1.61. The van der Waals surface area contributed by atoms with Crippen molar-refractivity contribution in [3.05, 3.63) is 30.1 Å². The highest BCUT2D eigenvalue weighted by Gasteiger charge is 2.17. The van der Waals surface area contributed by atoms with Gasteiger partial charge in [-0.1, -0.05) is 30.0 Å². The van der Waals surface area contributed by atoms with E-state index in [0.29, 0.717) is 5.13 Å². The van der Waals surface area contributed by atoms with Crippen molar-refractivity contribution in [2.24, 2.45) is 0 Å². The van der Waals surface area contributed by atoms with E-state index in [-0.39, 0.29) is 17.1 Å². The van der Waals surface area contributed by atoms with Crippen molar-refractivity contribution < 1.29 is 17.6 Å². The molecule has 10 heteroatoms. The maximum atomic E-state index is 12.8. The Morgan fingerprint density at radius 1 is 1.30 bits per heavy atom. The molecule has 0 spiro atoms. The number of hydrogen-bond acceptors (Lipinski definition) is 7. The molecule has 23 heavy (non-hydrogen) atoms. The fourth-order valence-corrected chi connectivity index (χ4v) is 4.52. The summed E-state index contributed by atoms with van der Waals surface area (Å²) in [6.45, 7) is 1.98. The zero-order valence-electron chi connectivity index (χ0n) is 12.2. The highest BCUT2D eigenvalue weighted by molar-refractivity contribution is 8.01. The molecule has 0 saturated heterocycles. The Balaban J connectivity index is 1.91. The SMILES string of the molecule is CCSc1nnc(NC(=O)CCS(=O)(=O)c2ccc(F)cc2)s1. The third kappa shape index (κ3) is 5.26. The maximum Gasteiger partial charge on any atom is 0.227 e. The number of hydrogen-bond donors (Lipinski definition) is 1. The lowest BCUT2D eigenvalue weighted by Gasteiger charge is -2.04. The summed E-state index contributed by atoms with van der Waals surface area (Å²) in [6.07, 6.45) is -0.213. The molecular weight excluding hydrogens is 361 g/mol. The van der Waals surface area contributed by atoms with Crippen LogP contribution in [0.15, 0.2) is 33.5 Å². The Bertz CT molecular complexity index is 775. The van der Waals surface area contributed by atoms with E-state index in [1.54, 1.807) is 0 Å². The summed E-state index contributed by atoms with van der Waals surface area (Å²) in [5.74, 6) is -0.489. The number of sulfone groups is 1. The van der Waals surface area contributed by atoms with Crippen molar-refractivity contribution in [2.75, 3.05) is 16.8 Å². The van der Waals surface area contributed by atoms with Gasteiger partial charge in [-0.15, -0.1) is 10.2 Å². The van der Waals surface area contributed by atoms with Crippen LogP contribution in [0.1, 0.15) is 13.3 Å². The van der Waals surface area contributed by atoms with Crippen LogP contribution in [0, 0.1) is 5.82 Å². The molecular formula is C13H14FN3O3S3. The van der Waals surface area contributed by atoms with Crippen molar-refractivity contribution in [1.29, 1.82) is 0 Å². The Hall–Kier alpha value is -1.52. The second-order valence-corrected chi connectivity index (χ2v) is 8.97. The van der Waals surface area contributed by atoms with E-state index in [1.165, 1.54) is 35.2 Å². The van der Waals surface area contributed by atoms with E-state index < -0.39 is 21.6 Å². The summed E-state index contributed by atoms with van der Waals surface area (Å²) >= 11 is 2.74. The number of thioether (sulfide) groups is 1. The lowest BCUT2D eigenvalue weighted by Crippen LogP contribution is -2.17. The number of nitrogens with one attached hydrogen (secondary N) is 1. The molecule has 6 nitrogen and oxygen atoms in total. The molecule has 0 fully saturated rings. The number of aromatic nitrogens is 2. The summed E-state index contributed by atoms with van der Waals surface area (Å²) in [4.78, 5) is 11.8. The molecule has 0 unspecified atom stereocenters. The van der Waals surface area contributed by atoms with Crippen LogP contribution < -0.4 is 5.32 Å². The number of carbonyl (C=O) groups excluding carboxylic acids is 1. The quantitative estimate of drug-likeness (QED) is 0.455. The van der Waals surface area contributed by atoms with E-state index >= 15 is 0 Å². The van der Waals surface area contributed by atoms with Gasteiger partial charge in [-0.05, 0) is 30.0 Å². The van der Waals surface area contributed by atoms with Gasteiger partial charge in [-0.3, -0.25) is 4.79 Å². The largest absolute Gasteiger partial charge is 0.300 e. The van der Waals surface area contributed by atoms with Crippen molar-refractivity contribution in [2.45, 2.75) is 22.6 Å². The van der Waals surface area contributed by atoms with Gasteiger partial charge in [0.15, 0.2) is 14.2 Å². The average molecular weight is 375 g/mol. The molecule has 0 aliphatic heterocycles. The average Bonchev–Trinajstić information content (AvgIpc) is 2.93. The minimum Gasteiger partial charge on any atom is -0.300 e. The summed E-state index contributed by atoms with van der Waals surface area (Å²) in [5.41, 5.74) is 0. The Morgan fingerprint density at radius 2 is 2.00 bits per heavy atom. The van der Waals surface area contributed by atoms with Crippen LogP contribution in [0.3, 0.4) is 0 Å². The van der Waals surface area contributed by atoms with Gasteiger partial charge in [-0.2, -0.15) is 0 Å². The molecule has 2 rings (SSSR count). The molecule has 0 aliphatic rings. The van der Waals surface area contributed by atoms with Crippen LogP contribution in [0.5, 0.6) is 0 Å². The normalized spacial score (nSPS) is 11.4. The second kappa shape index (κ2) is 7.84. The van der Waals surface area contributed by atoms with E-state index in [9.17, 15) is 17.6 Å². The summed E-state index contributed by atoms with van der Waals surface area (Å²) in [6, 6.07) is 4.51. The van der Waals surface area contributed by atoms with Crippen molar-refractivity contribution in [3.63, 3.8) is 0 Å². The van der Waals surface area contributed by atoms with Crippen LogP contribution >= 0.6 is 23.1 Å². The van der Waals surface area contributed by atoms with Gasteiger partial charge >= 0.3 is 0 Å². The zero-order chi connectivity index (χ0) is 16.9. The molecule has 1 amide bonds. The van der Waals surface area contributed by atoms with Gasteiger partial charge in [0, 0.05) is 6.42 Å². The summed E-state index contributed by atoms with van der Waals surface area (Å²) < 4.78 is 37.7. The highest BCUT2D eigenvalue weighted by atomic mass is 32.2. The molecule has 0 bridgehead atoms. The molecule has 1 aromatic carbocycles. The van der Waals surface area contributed by atoms with Gasteiger partial charge in [0.2, 0.25) is 11.0 Å². The standard InChI is InChI=1S/C13H14FN3O3S3/c1-2-21-13-17-16-12(22-13)15-11(18)7-8-23(19,20)10-5-3-9(14)4-6-10/h3-6H,2,7-8H2,1H3,(H,15,16,18). The first-order valence-electron chi connectivity index (χ1n) is 6.65. The lowest BCUT2D eigenvalue weighted by molar-refractivity contribution is -0.115. The number of carbonyl (C=O) groups is 1. The molecule has 1 N–H and O–H groups in total. The number of benzene rings is 1. The summed E-state index contributed by atoms with van der Waals surface area (Å²) in [7, 11) is -3.63. The smallest absolute Gasteiger partial charge is 0.227 e. The van der Waals surface area contributed by atoms with Crippen LogP contribution in [0.25, 0.3) is 0 Å². The third-order valence-electron chi connectivity index (χ3n) is 2.69. The lowest BCUT2D eigenvalue weighted by atomic mass is 10.4. The van der Waals surface area contributed by atoms with Crippen molar-refractivity contribution in [3.8, 4) is 0 Å². The molecule has 2 aromatic rings. The predicted octanol–water partition coefficient (Wildman–Crippen LogP) is 2.59. The fraction of sp³-hybridized carbons (Fsp3) is 0.308.